The molecule has 25 heavy (non-hydrogen) atoms. The second-order valence-corrected chi connectivity index (χ2v) is 10.6. The molecule has 1 aromatic carbocycles. The van der Waals surface area contributed by atoms with Gasteiger partial charge in [0, 0.05) is 18.1 Å². The number of nitrogens with zero attached hydrogens (tertiary/aromatic N) is 1. The Balaban J connectivity index is 1.73. The van der Waals surface area contributed by atoms with Gasteiger partial charge in [0.1, 0.15) is 10.3 Å². The van der Waals surface area contributed by atoms with Crippen LogP contribution in [-0.2, 0) is 21.4 Å². The molecular weight excluding hydrogens is 448 g/mol. The molecule has 0 radical (unpaired) electrons. The van der Waals surface area contributed by atoms with E-state index in [0.29, 0.717) is 24.4 Å². The van der Waals surface area contributed by atoms with Crippen molar-refractivity contribution in [1.29, 1.82) is 0 Å². The molecule has 134 valence electrons. The van der Waals surface area contributed by atoms with Gasteiger partial charge in [-0.25, -0.2) is 8.42 Å². The first kappa shape index (κ1) is 18.8. The smallest absolute Gasteiger partial charge is 0.253 e. The van der Waals surface area contributed by atoms with Crippen molar-refractivity contribution >= 4 is 54.8 Å². The van der Waals surface area contributed by atoms with E-state index in [1.54, 1.807) is 18.2 Å². The van der Waals surface area contributed by atoms with Crippen LogP contribution >= 0.6 is 38.9 Å². The van der Waals surface area contributed by atoms with E-state index in [9.17, 15) is 13.2 Å². The maximum atomic E-state index is 12.8. The maximum absolute atomic E-state index is 12.8. The third-order valence-electron chi connectivity index (χ3n) is 4.03. The van der Waals surface area contributed by atoms with Crippen molar-refractivity contribution in [2.45, 2.75) is 29.6 Å². The summed E-state index contributed by atoms with van der Waals surface area (Å²) in [6.07, 6.45) is 1.18. The molecule has 1 aliphatic rings. The van der Waals surface area contributed by atoms with Gasteiger partial charge in [0.25, 0.3) is 10.0 Å². The zero-order valence-electron chi connectivity index (χ0n) is 13.1. The lowest BCUT2D eigenvalue weighted by Gasteiger charge is -2.22. The monoisotopic (exact) mass is 462 g/mol. The summed E-state index contributed by atoms with van der Waals surface area (Å²) in [5.74, 6) is -0.295. The van der Waals surface area contributed by atoms with Gasteiger partial charge in [0.2, 0.25) is 5.91 Å². The molecule has 2 heterocycles. The summed E-state index contributed by atoms with van der Waals surface area (Å²) in [6, 6.07) is 9.81. The summed E-state index contributed by atoms with van der Waals surface area (Å²) in [5, 5.41) is 3.38. The first-order chi connectivity index (χ1) is 11.9. The molecule has 1 aromatic heterocycles. The second-order valence-electron chi connectivity index (χ2n) is 5.64. The van der Waals surface area contributed by atoms with Crippen LogP contribution in [0.1, 0.15) is 18.4 Å². The number of amides is 1. The van der Waals surface area contributed by atoms with Crippen LogP contribution in [0.2, 0.25) is 5.02 Å². The fraction of sp³-hybridized carbons (Fsp3) is 0.312. The summed E-state index contributed by atoms with van der Waals surface area (Å²) in [7, 11) is -3.67. The molecule has 9 heteroatoms. The molecule has 1 atom stereocenters. The maximum Gasteiger partial charge on any atom is 0.253 e. The summed E-state index contributed by atoms with van der Waals surface area (Å²) < 4.78 is 27.9. The normalized spacial score (nSPS) is 18.4. The Kier molecular flexibility index (Phi) is 5.85. The van der Waals surface area contributed by atoms with Gasteiger partial charge in [-0.3, -0.25) is 4.79 Å². The van der Waals surface area contributed by atoms with E-state index in [-0.39, 0.29) is 16.7 Å². The second kappa shape index (κ2) is 7.75. The molecule has 0 saturated carbocycles. The number of hydrogen-bond donors (Lipinski definition) is 1. The molecule has 1 N–H and O–H groups in total. The summed E-state index contributed by atoms with van der Waals surface area (Å²) in [4.78, 5) is 12.6. The summed E-state index contributed by atoms with van der Waals surface area (Å²) >= 11 is 10.5. The van der Waals surface area contributed by atoms with Crippen molar-refractivity contribution in [2.75, 3.05) is 6.54 Å². The highest BCUT2D eigenvalue weighted by Gasteiger charge is 2.39. The number of carbonyl (C=O) groups is 1. The molecule has 5 nitrogen and oxygen atoms in total. The van der Waals surface area contributed by atoms with Crippen molar-refractivity contribution in [3.8, 4) is 0 Å². The number of sulfonamides is 1. The molecule has 0 bridgehead atoms. The van der Waals surface area contributed by atoms with Crippen LogP contribution < -0.4 is 5.32 Å². The van der Waals surface area contributed by atoms with Crippen LogP contribution in [0.4, 0.5) is 0 Å². The van der Waals surface area contributed by atoms with E-state index in [2.05, 4.69) is 21.2 Å². The van der Waals surface area contributed by atoms with Crippen molar-refractivity contribution < 1.29 is 13.2 Å². The molecule has 0 aliphatic carbocycles. The predicted molar refractivity (Wildman–Crippen MR) is 102 cm³/mol. The number of hydrogen-bond acceptors (Lipinski definition) is 4. The fourth-order valence-electron chi connectivity index (χ4n) is 2.78. The van der Waals surface area contributed by atoms with Gasteiger partial charge in [0.05, 0.1) is 3.79 Å². The molecular formula is C16H16BrClN2O3S2. The van der Waals surface area contributed by atoms with E-state index in [4.69, 9.17) is 11.6 Å². The Labute approximate surface area is 164 Å². The van der Waals surface area contributed by atoms with Gasteiger partial charge in [-0.15, -0.1) is 11.3 Å². The van der Waals surface area contributed by atoms with Crippen LogP contribution in [0, 0.1) is 0 Å². The number of halogens is 2. The molecule has 3 rings (SSSR count). The van der Waals surface area contributed by atoms with Gasteiger partial charge in [-0.1, -0.05) is 29.8 Å². The van der Waals surface area contributed by atoms with Crippen LogP contribution in [-0.4, -0.2) is 31.2 Å². The minimum atomic E-state index is -3.67. The summed E-state index contributed by atoms with van der Waals surface area (Å²) in [6.45, 7) is 0.621. The number of benzene rings is 1. The van der Waals surface area contributed by atoms with Gasteiger partial charge >= 0.3 is 0 Å². The van der Waals surface area contributed by atoms with Crippen molar-refractivity contribution in [2.24, 2.45) is 0 Å². The SMILES string of the molecule is O=C(NCc1ccccc1Cl)[C@@H]1CCCN1S(=O)(=O)c1ccc(Br)s1. The number of rotatable bonds is 5. The molecule has 2 aromatic rings. The van der Waals surface area contributed by atoms with Gasteiger partial charge in [0.15, 0.2) is 0 Å². The predicted octanol–water partition coefficient (Wildman–Crippen LogP) is 3.63. The molecule has 1 amide bonds. The average molecular weight is 464 g/mol. The highest BCUT2D eigenvalue weighted by Crippen LogP contribution is 2.32. The number of thiophene rings is 1. The Morgan fingerprint density at radius 1 is 1.32 bits per heavy atom. The lowest BCUT2D eigenvalue weighted by molar-refractivity contribution is -0.124. The third kappa shape index (κ3) is 4.09. The van der Waals surface area contributed by atoms with Gasteiger partial charge < -0.3 is 5.32 Å². The third-order valence-corrected chi connectivity index (χ3v) is 8.40. The Morgan fingerprint density at radius 3 is 2.76 bits per heavy atom. The minimum Gasteiger partial charge on any atom is -0.351 e. The standard InChI is InChI=1S/C16H16BrClN2O3S2/c17-14-7-8-15(24-14)25(22,23)20-9-3-6-13(20)16(21)19-10-11-4-1-2-5-12(11)18/h1-2,4-5,7-8,13H,3,6,9-10H2,(H,19,21)/t13-/m0/s1. The van der Waals surface area contributed by atoms with Gasteiger partial charge in [-0.2, -0.15) is 4.31 Å². The van der Waals surface area contributed by atoms with Crippen LogP contribution in [0.5, 0.6) is 0 Å². The highest BCUT2D eigenvalue weighted by atomic mass is 79.9. The lowest BCUT2D eigenvalue weighted by Crippen LogP contribution is -2.45. The van der Waals surface area contributed by atoms with Crippen LogP contribution in [0.3, 0.4) is 0 Å². The zero-order chi connectivity index (χ0) is 18.0. The number of carbonyl (C=O) groups excluding carboxylic acids is 1. The quantitative estimate of drug-likeness (QED) is 0.736. The zero-order valence-corrected chi connectivity index (χ0v) is 17.1. The van der Waals surface area contributed by atoms with E-state index < -0.39 is 16.1 Å². The van der Waals surface area contributed by atoms with E-state index >= 15 is 0 Å². The van der Waals surface area contributed by atoms with Crippen molar-refractivity contribution in [3.63, 3.8) is 0 Å². The largest absolute Gasteiger partial charge is 0.351 e. The topological polar surface area (TPSA) is 66.5 Å². The fourth-order valence-corrected chi connectivity index (χ4v) is 6.78. The minimum absolute atomic E-state index is 0.241. The van der Waals surface area contributed by atoms with Gasteiger partial charge in [-0.05, 0) is 52.5 Å². The first-order valence-electron chi connectivity index (χ1n) is 7.68. The van der Waals surface area contributed by atoms with Crippen LogP contribution in [0.15, 0.2) is 44.4 Å². The Bertz CT molecular complexity index is 885. The number of nitrogens with one attached hydrogen (secondary N) is 1. The average Bonchev–Trinajstić information content (AvgIpc) is 3.23. The van der Waals surface area contributed by atoms with Crippen molar-refractivity contribution in [1.82, 2.24) is 9.62 Å². The molecule has 1 fully saturated rings. The van der Waals surface area contributed by atoms with E-state index in [1.165, 1.54) is 4.31 Å². The van der Waals surface area contributed by atoms with Crippen LogP contribution in [0.25, 0.3) is 0 Å². The van der Waals surface area contributed by atoms with E-state index in [1.807, 2.05) is 18.2 Å². The molecule has 1 saturated heterocycles. The Morgan fingerprint density at radius 2 is 2.08 bits per heavy atom. The molecule has 0 unspecified atom stereocenters. The van der Waals surface area contributed by atoms with E-state index in [0.717, 1.165) is 20.7 Å². The lowest BCUT2D eigenvalue weighted by atomic mass is 10.2. The summed E-state index contributed by atoms with van der Waals surface area (Å²) in [5.41, 5.74) is 0.798. The molecule has 1 aliphatic heterocycles. The molecule has 0 spiro atoms. The first-order valence-corrected chi connectivity index (χ1v) is 11.1. The Hall–Kier alpha value is -0.930. The van der Waals surface area contributed by atoms with Crippen molar-refractivity contribution in [3.05, 3.63) is 50.8 Å². The highest BCUT2D eigenvalue weighted by molar-refractivity contribution is 9.11.